The number of aromatic nitrogens is 2. The number of unbranched alkanes of at least 4 members (excludes halogenated alkanes) is 1. The Morgan fingerprint density at radius 1 is 1.16 bits per heavy atom. The van der Waals surface area contributed by atoms with Crippen LogP contribution in [0.3, 0.4) is 0 Å². The average Bonchev–Trinajstić information content (AvgIpc) is 3.20. The number of hydrogen-bond donors (Lipinski definition) is 3. The van der Waals surface area contributed by atoms with Crippen LogP contribution in [-0.4, -0.2) is 47.2 Å². The number of dihydropyridines is 1. The number of fused-ring (bicyclic) bond motifs is 2. The van der Waals surface area contributed by atoms with Crippen LogP contribution in [0.2, 0.25) is 0 Å². The Hall–Kier alpha value is -3.16. The SMILES string of the molecule is CC.CCCCC1CCCN(C2=CC3=C(NC(c4ccccc4F)=Nc4c3n[nH]c4C)C(C)N2)C1.CF. The number of H-pyrrole nitrogens is 1. The molecular formula is C29H42F2N6. The molecule has 1 aromatic heterocycles. The fourth-order valence-electron chi connectivity index (χ4n) is 5.15. The van der Waals surface area contributed by atoms with Gasteiger partial charge in [0.25, 0.3) is 0 Å². The van der Waals surface area contributed by atoms with Gasteiger partial charge in [-0.1, -0.05) is 45.7 Å². The number of hydrogen-bond acceptors (Lipinski definition) is 5. The second-order valence-electron chi connectivity index (χ2n) is 9.43. The molecule has 3 N–H and O–H groups in total. The first-order chi connectivity index (χ1) is 18.0. The number of alkyl halides is 1. The number of aromatic amines is 1. The van der Waals surface area contributed by atoms with Crippen molar-refractivity contribution in [2.75, 3.05) is 20.3 Å². The van der Waals surface area contributed by atoms with Gasteiger partial charge < -0.3 is 15.5 Å². The molecule has 0 saturated carbocycles. The van der Waals surface area contributed by atoms with Crippen molar-refractivity contribution in [3.63, 3.8) is 0 Å². The molecule has 2 aromatic rings. The van der Waals surface area contributed by atoms with E-state index in [0.29, 0.717) is 18.6 Å². The predicted molar refractivity (Wildman–Crippen MR) is 149 cm³/mol. The number of benzene rings is 1. The molecule has 4 heterocycles. The lowest BCUT2D eigenvalue weighted by molar-refractivity contribution is 0.193. The van der Waals surface area contributed by atoms with E-state index in [0.717, 1.165) is 53.2 Å². The molecule has 3 aliphatic heterocycles. The molecule has 202 valence electrons. The topological polar surface area (TPSA) is 68.3 Å². The molecular weight excluding hydrogens is 470 g/mol. The molecule has 0 bridgehead atoms. The van der Waals surface area contributed by atoms with E-state index < -0.39 is 0 Å². The number of nitrogens with zero attached hydrogens (tertiary/aromatic N) is 3. The van der Waals surface area contributed by atoms with Crippen molar-refractivity contribution in [3.05, 3.63) is 64.6 Å². The fourth-order valence-corrected chi connectivity index (χ4v) is 5.15. The van der Waals surface area contributed by atoms with Crippen molar-refractivity contribution in [3.8, 4) is 0 Å². The summed E-state index contributed by atoms with van der Waals surface area (Å²) in [5.74, 6) is 2.10. The summed E-state index contributed by atoms with van der Waals surface area (Å²) >= 11 is 0. The van der Waals surface area contributed by atoms with Gasteiger partial charge in [0.1, 0.15) is 28.9 Å². The number of nitrogens with one attached hydrogen (secondary N) is 3. The van der Waals surface area contributed by atoms with E-state index in [1.54, 1.807) is 12.1 Å². The van der Waals surface area contributed by atoms with E-state index in [4.69, 9.17) is 4.99 Å². The highest BCUT2D eigenvalue weighted by atomic mass is 19.1. The Morgan fingerprint density at radius 2 is 1.92 bits per heavy atom. The molecule has 2 atom stereocenters. The van der Waals surface area contributed by atoms with Crippen LogP contribution in [0.15, 0.2) is 46.9 Å². The Kier molecular flexibility index (Phi) is 10.3. The van der Waals surface area contributed by atoms with E-state index >= 15 is 0 Å². The van der Waals surface area contributed by atoms with Crippen LogP contribution in [0.4, 0.5) is 14.5 Å². The smallest absolute Gasteiger partial charge is 0.141 e. The number of allylic oxidation sites excluding steroid dienone is 2. The van der Waals surface area contributed by atoms with Crippen molar-refractivity contribution in [2.45, 2.75) is 72.8 Å². The van der Waals surface area contributed by atoms with Crippen LogP contribution < -0.4 is 10.6 Å². The first-order valence-electron chi connectivity index (χ1n) is 13.6. The summed E-state index contributed by atoms with van der Waals surface area (Å²) < 4.78 is 24.2. The zero-order valence-corrected chi connectivity index (χ0v) is 23.1. The molecule has 1 saturated heterocycles. The third-order valence-corrected chi connectivity index (χ3v) is 6.97. The van der Waals surface area contributed by atoms with Gasteiger partial charge in [-0.15, -0.1) is 0 Å². The number of amidine groups is 1. The van der Waals surface area contributed by atoms with Gasteiger partial charge in [-0.25, -0.2) is 9.38 Å². The molecule has 5 rings (SSSR count). The van der Waals surface area contributed by atoms with Crippen molar-refractivity contribution in [1.82, 2.24) is 25.7 Å². The second kappa shape index (κ2) is 13.4. The maximum atomic E-state index is 14.7. The van der Waals surface area contributed by atoms with E-state index in [2.05, 4.69) is 45.7 Å². The molecule has 1 fully saturated rings. The lowest BCUT2D eigenvalue weighted by Gasteiger charge is -2.39. The molecule has 2 unspecified atom stereocenters. The molecule has 1 aromatic carbocycles. The molecule has 0 radical (unpaired) electrons. The Balaban J connectivity index is 0.000000907. The van der Waals surface area contributed by atoms with Gasteiger partial charge in [0.2, 0.25) is 0 Å². The zero-order valence-electron chi connectivity index (χ0n) is 23.1. The zero-order chi connectivity index (χ0) is 26.9. The number of aliphatic imine (C=N–C) groups is 1. The third-order valence-electron chi connectivity index (χ3n) is 6.97. The van der Waals surface area contributed by atoms with Crippen LogP contribution >= 0.6 is 0 Å². The molecule has 6 nitrogen and oxygen atoms in total. The largest absolute Gasteiger partial charge is 0.364 e. The molecule has 0 amide bonds. The van der Waals surface area contributed by atoms with E-state index in [-0.39, 0.29) is 11.9 Å². The van der Waals surface area contributed by atoms with Crippen molar-refractivity contribution < 1.29 is 8.78 Å². The second-order valence-corrected chi connectivity index (χ2v) is 9.43. The highest BCUT2D eigenvalue weighted by molar-refractivity contribution is 6.05. The third kappa shape index (κ3) is 6.22. The first-order valence-corrected chi connectivity index (χ1v) is 13.6. The Labute approximate surface area is 220 Å². The van der Waals surface area contributed by atoms with E-state index in [1.807, 2.05) is 26.8 Å². The minimum Gasteiger partial charge on any atom is -0.364 e. The molecule has 0 spiro atoms. The summed E-state index contributed by atoms with van der Waals surface area (Å²) in [7, 11) is 0.500. The molecule has 0 aliphatic carbocycles. The summed E-state index contributed by atoms with van der Waals surface area (Å²) in [5.41, 5.74) is 4.87. The van der Waals surface area contributed by atoms with Gasteiger partial charge in [-0.3, -0.25) is 9.49 Å². The number of likely N-dealkylation sites (tertiary alicyclic amines) is 1. The minimum absolute atomic E-state index is 0.0101. The van der Waals surface area contributed by atoms with E-state index in [1.165, 1.54) is 38.2 Å². The summed E-state index contributed by atoms with van der Waals surface area (Å²) in [4.78, 5) is 7.32. The number of rotatable bonds is 5. The predicted octanol–water partition coefficient (Wildman–Crippen LogP) is 6.60. The maximum absolute atomic E-state index is 14.7. The van der Waals surface area contributed by atoms with Gasteiger partial charge in [-0.2, -0.15) is 5.10 Å². The minimum atomic E-state index is -0.297. The highest BCUT2D eigenvalue weighted by Crippen LogP contribution is 2.37. The van der Waals surface area contributed by atoms with Crippen LogP contribution in [0.1, 0.15) is 76.8 Å². The Morgan fingerprint density at radius 3 is 2.65 bits per heavy atom. The number of aryl methyl sites for hydroxylation is 1. The average molecular weight is 513 g/mol. The van der Waals surface area contributed by atoms with Gasteiger partial charge in [0.15, 0.2) is 0 Å². The molecule has 37 heavy (non-hydrogen) atoms. The quantitative estimate of drug-likeness (QED) is 0.422. The van der Waals surface area contributed by atoms with Crippen LogP contribution in [0.5, 0.6) is 0 Å². The van der Waals surface area contributed by atoms with Crippen molar-refractivity contribution in [2.24, 2.45) is 10.9 Å². The van der Waals surface area contributed by atoms with Gasteiger partial charge in [0.05, 0.1) is 24.5 Å². The summed E-state index contributed by atoms with van der Waals surface area (Å²) in [6.07, 6.45) is 8.59. The van der Waals surface area contributed by atoms with Crippen LogP contribution in [0.25, 0.3) is 5.57 Å². The van der Waals surface area contributed by atoms with Crippen molar-refractivity contribution >= 4 is 17.1 Å². The summed E-state index contributed by atoms with van der Waals surface area (Å²) in [5, 5.41) is 14.8. The van der Waals surface area contributed by atoms with E-state index in [9.17, 15) is 8.78 Å². The number of halogens is 2. The maximum Gasteiger partial charge on any atom is 0.141 e. The normalized spacial score (nSPS) is 20.4. The summed E-state index contributed by atoms with van der Waals surface area (Å²) in [6, 6.07) is 6.76. The first kappa shape index (κ1) is 28.4. The van der Waals surface area contributed by atoms with Gasteiger partial charge >= 0.3 is 0 Å². The monoisotopic (exact) mass is 512 g/mol. The fraction of sp³-hybridized carbons (Fsp3) is 0.517. The summed E-state index contributed by atoms with van der Waals surface area (Å²) in [6.45, 7) is 12.5. The van der Waals surface area contributed by atoms with Gasteiger partial charge in [-0.05, 0) is 57.2 Å². The standard InChI is InChI=1S/C26H33FN6.C2H6.CH3F/c1-4-5-9-18-10-8-13-33(15-18)22-14-20-23(16(2)28-22)29-26(19-11-6-7-12-21(19)27)30-24-17(3)31-32-25(20)24;2*1-2/h6-7,11-12,14,16,18,28H,4-5,8-10,13,15H2,1-3H3,(H,29,30)(H,31,32);1-2H3;1H3. The highest BCUT2D eigenvalue weighted by Gasteiger charge is 2.32. The number of piperidine rings is 1. The Bertz CT molecular complexity index is 1130. The lowest BCUT2D eigenvalue weighted by Crippen LogP contribution is -2.46. The van der Waals surface area contributed by atoms with Crippen molar-refractivity contribution in [1.29, 1.82) is 0 Å². The van der Waals surface area contributed by atoms with Crippen LogP contribution in [-0.2, 0) is 0 Å². The lowest BCUT2D eigenvalue weighted by atomic mass is 9.92. The van der Waals surface area contributed by atoms with Crippen LogP contribution in [0, 0.1) is 18.7 Å². The molecule has 3 aliphatic rings. The molecule has 8 heteroatoms. The van der Waals surface area contributed by atoms with Gasteiger partial charge in [0, 0.05) is 24.4 Å².